The maximum Gasteiger partial charge on any atom is 0.0178 e. The fourth-order valence-electron chi connectivity index (χ4n) is 2.44. The molecule has 0 N–H and O–H groups in total. The molecule has 1 nitrogen and oxygen atoms in total. The summed E-state index contributed by atoms with van der Waals surface area (Å²) in [6.45, 7) is 4.85. The molecular formula is C13H18BrN. The summed E-state index contributed by atoms with van der Waals surface area (Å²) in [5.41, 5.74) is 1.46. The predicted octanol–water partition coefficient (Wildman–Crippen LogP) is 3.50. The number of hydrogen-bond acceptors (Lipinski definition) is 1. The van der Waals surface area contributed by atoms with Gasteiger partial charge < -0.3 is 4.90 Å². The highest BCUT2D eigenvalue weighted by molar-refractivity contribution is 9.10. The molecule has 0 amide bonds. The van der Waals surface area contributed by atoms with Gasteiger partial charge in [-0.05, 0) is 49.5 Å². The number of rotatable bonds is 2. The minimum atomic E-state index is 0.674. The molecule has 0 bridgehead atoms. The highest BCUT2D eigenvalue weighted by atomic mass is 79.9. The molecule has 1 aromatic carbocycles. The van der Waals surface area contributed by atoms with Gasteiger partial charge in [-0.2, -0.15) is 0 Å². The van der Waals surface area contributed by atoms with Crippen LogP contribution >= 0.6 is 15.9 Å². The van der Waals surface area contributed by atoms with E-state index in [2.05, 4.69) is 59.1 Å². The summed E-state index contributed by atoms with van der Waals surface area (Å²) in [7, 11) is 2.22. The normalized spacial score (nSPS) is 24.3. The summed E-state index contributed by atoms with van der Waals surface area (Å²) in [5.74, 6) is 1.50. The molecule has 2 rings (SSSR count). The van der Waals surface area contributed by atoms with E-state index >= 15 is 0 Å². The smallest absolute Gasteiger partial charge is 0.0178 e. The quantitative estimate of drug-likeness (QED) is 0.793. The molecule has 1 aliphatic rings. The van der Waals surface area contributed by atoms with Gasteiger partial charge in [0.2, 0.25) is 0 Å². The number of hydrogen-bond donors (Lipinski definition) is 0. The maximum absolute atomic E-state index is 3.54. The third-order valence-corrected chi connectivity index (χ3v) is 4.00. The van der Waals surface area contributed by atoms with Crippen LogP contribution in [0.1, 0.15) is 24.8 Å². The fraction of sp³-hybridized carbons (Fsp3) is 0.538. The van der Waals surface area contributed by atoms with Crippen LogP contribution in [0.3, 0.4) is 0 Å². The zero-order valence-electron chi connectivity index (χ0n) is 9.41. The Labute approximate surface area is 101 Å². The zero-order valence-corrected chi connectivity index (χ0v) is 11.0. The zero-order chi connectivity index (χ0) is 10.8. The van der Waals surface area contributed by atoms with Crippen LogP contribution in [0.15, 0.2) is 28.7 Å². The van der Waals surface area contributed by atoms with Crippen molar-refractivity contribution in [3.8, 4) is 0 Å². The van der Waals surface area contributed by atoms with E-state index in [1.54, 1.807) is 0 Å². The first-order valence-corrected chi connectivity index (χ1v) is 6.40. The first kappa shape index (κ1) is 11.2. The number of halogens is 1. The first-order chi connectivity index (χ1) is 7.16. The molecule has 1 heterocycles. The van der Waals surface area contributed by atoms with Gasteiger partial charge in [0.25, 0.3) is 0 Å². The highest BCUT2D eigenvalue weighted by Gasteiger charge is 2.25. The van der Waals surface area contributed by atoms with E-state index in [0.717, 1.165) is 5.92 Å². The second-order valence-corrected chi connectivity index (χ2v) is 5.57. The van der Waals surface area contributed by atoms with E-state index in [1.807, 2.05) is 0 Å². The second-order valence-electron chi connectivity index (χ2n) is 4.65. The molecule has 0 aromatic heterocycles. The molecule has 0 radical (unpaired) electrons. The summed E-state index contributed by atoms with van der Waals surface area (Å²) < 4.78 is 1.19. The second kappa shape index (κ2) is 4.67. The summed E-state index contributed by atoms with van der Waals surface area (Å²) in [4.78, 5) is 2.43. The van der Waals surface area contributed by atoms with E-state index in [9.17, 15) is 0 Å². The molecule has 0 spiro atoms. The Morgan fingerprint density at radius 2 is 2.27 bits per heavy atom. The molecule has 0 aliphatic carbocycles. The van der Waals surface area contributed by atoms with E-state index in [4.69, 9.17) is 0 Å². The monoisotopic (exact) mass is 267 g/mol. The predicted molar refractivity (Wildman–Crippen MR) is 68.2 cm³/mol. The summed E-state index contributed by atoms with van der Waals surface area (Å²) in [6, 6.07) is 8.72. The molecule has 82 valence electrons. The minimum absolute atomic E-state index is 0.674. The lowest BCUT2D eigenvalue weighted by Gasteiger charge is -2.19. The van der Waals surface area contributed by atoms with Crippen LogP contribution in [0, 0.1) is 5.92 Å². The molecule has 1 fully saturated rings. The Morgan fingerprint density at radius 1 is 1.47 bits per heavy atom. The SMILES string of the molecule is CC(c1cccc(Br)c1)C1CCN(C)C1. The lowest BCUT2D eigenvalue weighted by molar-refractivity contribution is 0.377. The van der Waals surface area contributed by atoms with Crippen molar-refractivity contribution < 1.29 is 0 Å². The van der Waals surface area contributed by atoms with Gasteiger partial charge in [-0.15, -0.1) is 0 Å². The average Bonchev–Trinajstić information content (AvgIpc) is 2.64. The van der Waals surface area contributed by atoms with Crippen LogP contribution in [0.4, 0.5) is 0 Å². The molecule has 1 aliphatic heterocycles. The largest absolute Gasteiger partial charge is 0.306 e. The van der Waals surface area contributed by atoms with Crippen LogP contribution < -0.4 is 0 Å². The molecule has 1 aromatic rings. The lowest BCUT2D eigenvalue weighted by atomic mass is 9.87. The molecule has 15 heavy (non-hydrogen) atoms. The Kier molecular flexibility index (Phi) is 3.47. The van der Waals surface area contributed by atoms with Gasteiger partial charge in [-0.1, -0.05) is 35.0 Å². The Balaban J connectivity index is 2.10. The Hall–Kier alpha value is -0.340. The van der Waals surface area contributed by atoms with Crippen molar-refractivity contribution in [3.05, 3.63) is 34.3 Å². The molecule has 2 unspecified atom stereocenters. The number of benzene rings is 1. The van der Waals surface area contributed by atoms with E-state index in [-0.39, 0.29) is 0 Å². The van der Waals surface area contributed by atoms with Crippen molar-refractivity contribution in [3.63, 3.8) is 0 Å². The van der Waals surface area contributed by atoms with Gasteiger partial charge >= 0.3 is 0 Å². The third-order valence-electron chi connectivity index (χ3n) is 3.51. The van der Waals surface area contributed by atoms with E-state index in [1.165, 1.54) is 29.5 Å². The molecular weight excluding hydrogens is 250 g/mol. The maximum atomic E-state index is 3.54. The van der Waals surface area contributed by atoms with Crippen LogP contribution in [0.5, 0.6) is 0 Å². The third kappa shape index (κ3) is 2.61. The van der Waals surface area contributed by atoms with Crippen molar-refractivity contribution >= 4 is 15.9 Å². The van der Waals surface area contributed by atoms with Gasteiger partial charge in [0.15, 0.2) is 0 Å². The lowest BCUT2D eigenvalue weighted by Crippen LogP contribution is -2.17. The van der Waals surface area contributed by atoms with E-state index < -0.39 is 0 Å². The van der Waals surface area contributed by atoms with Gasteiger partial charge in [-0.25, -0.2) is 0 Å². The van der Waals surface area contributed by atoms with Crippen molar-refractivity contribution in [1.82, 2.24) is 4.90 Å². The van der Waals surface area contributed by atoms with Crippen molar-refractivity contribution in [1.29, 1.82) is 0 Å². The first-order valence-electron chi connectivity index (χ1n) is 5.61. The molecule has 2 heteroatoms. The van der Waals surface area contributed by atoms with Gasteiger partial charge in [0.1, 0.15) is 0 Å². The van der Waals surface area contributed by atoms with Crippen molar-refractivity contribution in [2.45, 2.75) is 19.3 Å². The highest BCUT2D eigenvalue weighted by Crippen LogP contribution is 2.31. The fourth-order valence-corrected chi connectivity index (χ4v) is 2.86. The molecule has 1 saturated heterocycles. The van der Waals surface area contributed by atoms with Crippen LogP contribution in [0.2, 0.25) is 0 Å². The van der Waals surface area contributed by atoms with Crippen molar-refractivity contribution in [2.75, 3.05) is 20.1 Å². The Morgan fingerprint density at radius 3 is 2.87 bits per heavy atom. The standard InChI is InChI=1S/C13H18BrN/c1-10(12-6-7-15(2)9-12)11-4-3-5-13(14)8-11/h3-5,8,10,12H,6-7,9H2,1-2H3. The summed E-state index contributed by atoms with van der Waals surface area (Å²) in [5, 5.41) is 0. The topological polar surface area (TPSA) is 3.24 Å². The summed E-state index contributed by atoms with van der Waals surface area (Å²) in [6.07, 6.45) is 1.34. The molecule has 2 atom stereocenters. The van der Waals surface area contributed by atoms with Crippen molar-refractivity contribution in [2.24, 2.45) is 5.92 Å². The molecule has 0 saturated carbocycles. The van der Waals surface area contributed by atoms with Gasteiger partial charge in [-0.3, -0.25) is 0 Å². The minimum Gasteiger partial charge on any atom is -0.306 e. The number of nitrogens with zero attached hydrogens (tertiary/aromatic N) is 1. The van der Waals surface area contributed by atoms with Crippen LogP contribution in [-0.2, 0) is 0 Å². The van der Waals surface area contributed by atoms with E-state index in [0.29, 0.717) is 5.92 Å². The number of likely N-dealkylation sites (tertiary alicyclic amines) is 1. The summed E-state index contributed by atoms with van der Waals surface area (Å²) >= 11 is 3.54. The van der Waals surface area contributed by atoms with Crippen LogP contribution in [-0.4, -0.2) is 25.0 Å². The average molecular weight is 268 g/mol. The van der Waals surface area contributed by atoms with Crippen LogP contribution in [0.25, 0.3) is 0 Å². The van der Waals surface area contributed by atoms with Gasteiger partial charge in [0, 0.05) is 11.0 Å². The van der Waals surface area contributed by atoms with Gasteiger partial charge in [0.05, 0.1) is 0 Å². The Bertz CT molecular complexity index is 337.